The van der Waals surface area contributed by atoms with Crippen molar-refractivity contribution in [2.45, 2.75) is 32.0 Å². The molecule has 0 unspecified atom stereocenters. The molecule has 2 aromatic heterocycles. The molecule has 2 aliphatic rings. The number of nitro groups is 1. The Morgan fingerprint density at radius 2 is 2.10 bits per heavy atom. The van der Waals surface area contributed by atoms with Gasteiger partial charge in [0, 0.05) is 36.6 Å². The highest BCUT2D eigenvalue weighted by atomic mass is 32.1. The highest BCUT2D eigenvalue weighted by Gasteiger charge is 2.42. The van der Waals surface area contributed by atoms with Gasteiger partial charge in [-0.05, 0) is 30.0 Å². The SMILES string of the molecule is C[C@]1(CN2CCc3oc(-c4ccc(F)c(F)c4)nc3C2)Cn2cc([N+](=O)[O-])nc2O1.S. The highest BCUT2D eigenvalue weighted by molar-refractivity contribution is 7.59. The minimum atomic E-state index is -0.950. The summed E-state index contributed by atoms with van der Waals surface area (Å²) < 4.78 is 40.0. The molecule has 3 aromatic rings. The fourth-order valence-corrected chi connectivity index (χ4v) is 3.98. The van der Waals surface area contributed by atoms with Gasteiger partial charge in [0.1, 0.15) is 17.6 Å². The van der Waals surface area contributed by atoms with E-state index in [1.165, 1.54) is 12.3 Å². The largest absolute Gasteiger partial charge is 0.441 e. The molecule has 1 aromatic carbocycles. The van der Waals surface area contributed by atoms with Crippen LogP contribution in [0.5, 0.6) is 6.01 Å². The van der Waals surface area contributed by atoms with Gasteiger partial charge in [-0.25, -0.2) is 13.8 Å². The van der Waals surface area contributed by atoms with E-state index < -0.39 is 22.2 Å². The van der Waals surface area contributed by atoms with Gasteiger partial charge in [0.25, 0.3) is 0 Å². The highest BCUT2D eigenvalue weighted by Crippen LogP contribution is 2.33. The van der Waals surface area contributed by atoms with Gasteiger partial charge in [-0.2, -0.15) is 13.5 Å². The van der Waals surface area contributed by atoms with Crippen LogP contribution in [0.1, 0.15) is 18.4 Å². The van der Waals surface area contributed by atoms with Crippen molar-refractivity contribution in [2.24, 2.45) is 0 Å². The second kappa shape index (κ2) is 7.61. The Morgan fingerprint density at radius 3 is 2.81 bits per heavy atom. The van der Waals surface area contributed by atoms with Gasteiger partial charge in [-0.1, -0.05) is 0 Å². The molecule has 12 heteroatoms. The first-order valence-electron chi connectivity index (χ1n) is 9.37. The lowest BCUT2D eigenvalue weighted by atomic mass is 10.0. The van der Waals surface area contributed by atoms with Gasteiger partial charge in [-0.3, -0.25) is 9.47 Å². The molecule has 5 rings (SSSR count). The second-order valence-corrected chi connectivity index (χ2v) is 7.80. The monoisotopic (exact) mass is 451 g/mol. The van der Waals surface area contributed by atoms with Crippen molar-refractivity contribution in [1.29, 1.82) is 0 Å². The van der Waals surface area contributed by atoms with Crippen LogP contribution in [-0.4, -0.2) is 43.0 Å². The van der Waals surface area contributed by atoms with Crippen molar-refractivity contribution in [2.75, 3.05) is 13.1 Å². The number of aromatic nitrogens is 3. The number of fused-ring (bicyclic) bond motifs is 2. The number of oxazole rings is 1. The van der Waals surface area contributed by atoms with Gasteiger partial charge < -0.3 is 19.3 Å². The molecule has 0 amide bonds. The van der Waals surface area contributed by atoms with E-state index in [0.717, 1.165) is 23.6 Å². The molecule has 0 saturated carbocycles. The lowest BCUT2D eigenvalue weighted by molar-refractivity contribution is -0.389. The Balaban J connectivity index is 0.00000231. The van der Waals surface area contributed by atoms with Crippen LogP contribution in [0.3, 0.4) is 0 Å². The van der Waals surface area contributed by atoms with Crippen LogP contribution in [0.25, 0.3) is 11.5 Å². The van der Waals surface area contributed by atoms with E-state index >= 15 is 0 Å². The van der Waals surface area contributed by atoms with E-state index in [2.05, 4.69) is 14.9 Å². The minimum absolute atomic E-state index is 0. The molecule has 0 fully saturated rings. The number of benzene rings is 1. The summed E-state index contributed by atoms with van der Waals surface area (Å²) in [6, 6.07) is 3.79. The molecule has 0 N–H and O–H groups in total. The summed E-state index contributed by atoms with van der Waals surface area (Å²) in [6.07, 6.45) is 2.00. The molecule has 4 heterocycles. The molecule has 164 valence electrons. The van der Waals surface area contributed by atoms with Gasteiger partial charge in [0.2, 0.25) is 5.89 Å². The molecule has 9 nitrogen and oxygen atoms in total. The maximum absolute atomic E-state index is 13.5. The summed E-state index contributed by atoms with van der Waals surface area (Å²) in [5, 5.41) is 10.9. The van der Waals surface area contributed by atoms with Crippen LogP contribution in [0.4, 0.5) is 14.6 Å². The number of rotatable bonds is 4. The number of hydrogen-bond acceptors (Lipinski definition) is 7. The van der Waals surface area contributed by atoms with Crippen LogP contribution in [0, 0.1) is 21.7 Å². The van der Waals surface area contributed by atoms with Crippen molar-refractivity contribution in [3.63, 3.8) is 0 Å². The summed E-state index contributed by atoms with van der Waals surface area (Å²) in [5.41, 5.74) is 0.547. The fourth-order valence-electron chi connectivity index (χ4n) is 3.98. The predicted molar refractivity (Wildman–Crippen MR) is 109 cm³/mol. The molecule has 1 atom stereocenters. The summed E-state index contributed by atoms with van der Waals surface area (Å²) in [4.78, 5) is 20.8. The minimum Gasteiger partial charge on any atom is -0.441 e. The predicted octanol–water partition coefficient (Wildman–Crippen LogP) is 3.05. The zero-order valence-electron chi connectivity index (χ0n) is 16.5. The van der Waals surface area contributed by atoms with Crippen LogP contribution in [0.15, 0.2) is 28.8 Å². The first-order chi connectivity index (χ1) is 14.3. The van der Waals surface area contributed by atoms with E-state index in [0.29, 0.717) is 38.2 Å². The molecule has 31 heavy (non-hydrogen) atoms. The lowest BCUT2D eigenvalue weighted by Crippen LogP contribution is -2.46. The molecule has 0 aliphatic carbocycles. The van der Waals surface area contributed by atoms with Crippen molar-refractivity contribution >= 4 is 19.3 Å². The first kappa shape index (κ1) is 21.2. The number of ether oxygens (including phenoxy) is 1. The summed E-state index contributed by atoms with van der Waals surface area (Å²) in [6.45, 7) is 4.17. The Labute approximate surface area is 182 Å². The summed E-state index contributed by atoms with van der Waals surface area (Å²) >= 11 is 0. The van der Waals surface area contributed by atoms with Crippen molar-refractivity contribution in [3.8, 4) is 17.5 Å². The normalized spacial score (nSPS) is 20.0. The quantitative estimate of drug-likeness (QED) is 0.444. The van der Waals surface area contributed by atoms with Crippen molar-refractivity contribution < 1.29 is 22.9 Å². The van der Waals surface area contributed by atoms with Crippen LogP contribution in [-0.2, 0) is 19.5 Å². The topological polar surface area (TPSA) is 99.5 Å². The zero-order valence-corrected chi connectivity index (χ0v) is 17.5. The Bertz CT molecular complexity index is 1140. The average Bonchev–Trinajstić information content (AvgIpc) is 3.34. The third-order valence-electron chi connectivity index (χ3n) is 5.29. The van der Waals surface area contributed by atoms with Crippen LogP contribution in [0.2, 0.25) is 0 Å². The number of imidazole rings is 1. The van der Waals surface area contributed by atoms with Gasteiger partial charge in [0.15, 0.2) is 11.6 Å². The molecular formula is C19H19F2N5O4S. The second-order valence-electron chi connectivity index (χ2n) is 7.80. The first-order valence-corrected chi connectivity index (χ1v) is 9.37. The smallest absolute Gasteiger partial charge is 0.415 e. The standard InChI is InChI=1S/C19H17F2N5O4.H2S/c1-19(10-25-8-16(26(27)28)23-18(25)30-19)9-24-5-4-15-14(7-24)22-17(29-15)11-2-3-12(20)13(21)6-11;/h2-3,6,8H,4-5,7,9-10H2,1H3;1H2/t19-;/m0./s1. The third-order valence-corrected chi connectivity index (χ3v) is 5.29. The van der Waals surface area contributed by atoms with Crippen LogP contribution < -0.4 is 4.74 Å². The molecule has 0 spiro atoms. The number of nitrogens with zero attached hydrogens (tertiary/aromatic N) is 5. The van der Waals surface area contributed by atoms with Gasteiger partial charge in [-0.15, -0.1) is 0 Å². The van der Waals surface area contributed by atoms with E-state index in [9.17, 15) is 18.9 Å². The fraction of sp³-hybridized carbons (Fsp3) is 0.368. The molecule has 0 radical (unpaired) electrons. The maximum Gasteiger partial charge on any atom is 0.415 e. The number of halogens is 2. The zero-order chi connectivity index (χ0) is 21.0. The van der Waals surface area contributed by atoms with E-state index in [1.54, 1.807) is 4.57 Å². The van der Waals surface area contributed by atoms with Crippen molar-refractivity contribution in [1.82, 2.24) is 19.4 Å². The van der Waals surface area contributed by atoms with Crippen LogP contribution >= 0.6 is 13.5 Å². The lowest BCUT2D eigenvalue weighted by Gasteiger charge is -2.32. The Morgan fingerprint density at radius 1 is 1.29 bits per heavy atom. The third kappa shape index (κ3) is 3.88. The van der Waals surface area contributed by atoms with Crippen molar-refractivity contribution in [3.05, 3.63) is 57.6 Å². The van der Waals surface area contributed by atoms with E-state index in [-0.39, 0.29) is 31.2 Å². The van der Waals surface area contributed by atoms with Gasteiger partial charge in [0.05, 0.1) is 12.2 Å². The Hall–Kier alpha value is -2.99. The molecular weight excluding hydrogens is 432 g/mol. The average molecular weight is 451 g/mol. The maximum atomic E-state index is 13.5. The van der Waals surface area contributed by atoms with Gasteiger partial charge >= 0.3 is 11.8 Å². The molecule has 2 aliphatic heterocycles. The summed E-state index contributed by atoms with van der Waals surface area (Å²) in [7, 11) is 0. The van der Waals surface area contributed by atoms with E-state index in [1.807, 2.05) is 6.92 Å². The molecule has 0 bridgehead atoms. The number of hydrogen-bond donors (Lipinski definition) is 0. The van der Waals surface area contributed by atoms with E-state index in [4.69, 9.17) is 9.15 Å². The molecule has 0 saturated heterocycles. The Kier molecular flexibility index (Phi) is 5.21. The summed E-state index contributed by atoms with van der Waals surface area (Å²) in [5.74, 6) is -1.11.